The first-order chi connectivity index (χ1) is 12.5. The summed E-state index contributed by atoms with van der Waals surface area (Å²) in [4.78, 5) is 2.42. The number of likely N-dealkylation sites (tertiary alicyclic amines) is 1. The van der Waals surface area contributed by atoms with Crippen LogP contribution in [-0.2, 0) is 16.6 Å². The van der Waals surface area contributed by atoms with E-state index in [9.17, 15) is 12.8 Å². The number of fused-ring (bicyclic) bond motifs is 1. The normalized spacial score (nSPS) is 21.8. The summed E-state index contributed by atoms with van der Waals surface area (Å²) in [6.45, 7) is 3.80. The van der Waals surface area contributed by atoms with Crippen LogP contribution in [0.4, 0.5) is 4.39 Å². The summed E-state index contributed by atoms with van der Waals surface area (Å²) in [6.07, 6.45) is 5.04. The quantitative estimate of drug-likeness (QED) is 0.801. The zero-order chi connectivity index (χ0) is 18.1. The second kappa shape index (κ2) is 7.09. The van der Waals surface area contributed by atoms with Crippen molar-refractivity contribution in [3.8, 4) is 0 Å². The standard InChI is InChI=1S/C18H23FN4O2S/c19-15-4-3-5-18(12-15)26(24,25)22-13-16-6-8-20-23(16)17(14-22)7-11-21-9-1-2-10-21/h3-6,8,12,17H,1-2,7,9-11,13-14H2/t17-/m0/s1. The minimum Gasteiger partial charge on any atom is -0.303 e. The van der Waals surface area contributed by atoms with E-state index >= 15 is 0 Å². The van der Waals surface area contributed by atoms with E-state index in [0.29, 0.717) is 6.54 Å². The molecule has 6 nitrogen and oxygen atoms in total. The maximum atomic E-state index is 13.5. The first-order valence-corrected chi connectivity index (χ1v) is 10.5. The van der Waals surface area contributed by atoms with E-state index < -0.39 is 15.8 Å². The Morgan fingerprint density at radius 3 is 2.77 bits per heavy atom. The molecule has 1 fully saturated rings. The highest BCUT2D eigenvalue weighted by atomic mass is 32.2. The Bertz CT molecular complexity index is 877. The van der Waals surface area contributed by atoms with Crippen molar-refractivity contribution in [2.45, 2.75) is 36.7 Å². The van der Waals surface area contributed by atoms with Crippen molar-refractivity contribution in [1.82, 2.24) is 19.0 Å². The van der Waals surface area contributed by atoms with Crippen LogP contribution < -0.4 is 0 Å². The first kappa shape index (κ1) is 17.6. The number of hydrogen-bond donors (Lipinski definition) is 0. The molecule has 1 aromatic carbocycles. The molecule has 4 rings (SSSR count). The third-order valence-electron chi connectivity index (χ3n) is 5.26. The molecule has 0 unspecified atom stereocenters. The van der Waals surface area contributed by atoms with Gasteiger partial charge in [0, 0.05) is 19.3 Å². The number of aromatic nitrogens is 2. The molecule has 3 heterocycles. The molecule has 0 N–H and O–H groups in total. The zero-order valence-electron chi connectivity index (χ0n) is 14.6. The van der Waals surface area contributed by atoms with Gasteiger partial charge in [-0.15, -0.1) is 0 Å². The van der Waals surface area contributed by atoms with Gasteiger partial charge in [-0.05, 0) is 56.6 Å². The molecule has 1 atom stereocenters. The van der Waals surface area contributed by atoms with E-state index in [1.807, 2.05) is 10.7 Å². The highest BCUT2D eigenvalue weighted by Crippen LogP contribution is 2.28. The van der Waals surface area contributed by atoms with Crippen LogP contribution in [0.25, 0.3) is 0 Å². The van der Waals surface area contributed by atoms with Crippen molar-refractivity contribution < 1.29 is 12.8 Å². The van der Waals surface area contributed by atoms with Crippen LogP contribution in [0.1, 0.15) is 31.0 Å². The number of sulfonamides is 1. The van der Waals surface area contributed by atoms with Gasteiger partial charge >= 0.3 is 0 Å². The lowest BCUT2D eigenvalue weighted by Gasteiger charge is -2.34. The van der Waals surface area contributed by atoms with Crippen molar-refractivity contribution in [3.05, 3.63) is 48.0 Å². The SMILES string of the molecule is O=S(=O)(c1cccc(F)c1)N1Cc2ccnn2[C@@H](CCN2CCCC2)C1. The van der Waals surface area contributed by atoms with Gasteiger partial charge in [-0.3, -0.25) is 4.68 Å². The summed E-state index contributed by atoms with van der Waals surface area (Å²) in [5, 5.41) is 4.40. The largest absolute Gasteiger partial charge is 0.303 e. The van der Waals surface area contributed by atoms with Gasteiger partial charge in [0.05, 0.1) is 23.2 Å². The monoisotopic (exact) mass is 378 g/mol. The fraction of sp³-hybridized carbons (Fsp3) is 0.500. The summed E-state index contributed by atoms with van der Waals surface area (Å²) in [5.41, 5.74) is 0.877. The smallest absolute Gasteiger partial charge is 0.243 e. The number of benzene rings is 1. The Morgan fingerprint density at radius 1 is 1.19 bits per heavy atom. The number of nitrogens with zero attached hydrogens (tertiary/aromatic N) is 4. The van der Waals surface area contributed by atoms with Crippen LogP contribution in [0.15, 0.2) is 41.4 Å². The van der Waals surface area contributed by atoms with Crippen LogP contribution >= 0.6 is 0 Å². The van der Waals surface area contributed by atoms with Gasteiger partial charge in [0.1, 0.15) is 5.82 Å². The summed E-state index contributed by atoms with van der Waals surface area (Å²) in [7, 11) is -3.74. The fourth-order valence-corrected chi connectivity index (χ4v) is 5.35. The van der Waals surface area contributed by atoms with Gasteiger partial charge < -0.3 is 4.90 Å². The van der Waals surface area contributed by atoms with Crippen molar-refractivity contribution in [2.24, 2.45) is 0 Å². The number of hydrogen-bond acceptors (Lipinski definition) is 4. The molecule has 8 heteroatoms. The number of halogens is 1. The van der Waals surface area contributed by atoms with Gasteiger partial charge in [0.15, 0.2) is 0 Å². The fourth-order valence-electron chi connectivity index (χ4n) is 3.86. The molecule has 2 aliphatic heterocycles. The molecular weight excluding hydrogens is 355 g/mol. The molecule has 0 spiro atoms. The summed E-state index contributed by atoms with van der Waals surface area (Å²) in [5.74, 6) is -0.543. The Hall–Kier alpha value is -1.77. The zero-order valence-corrected chi connectivity index (χ0v) is 15.4. The predicted octanol–water partition coefficient (Wildman–Crippen LogP) is 2.25. The molecule has 0 amide bonds. The lowest BCUT2D eigenvalue weighted by Crippen LogP contribution is -2.42. The maximum Gasteiger partial charge on any atom is 0.243 e. The average Bonchev–Trinajstić information content (AvgIpc) is 3.31. The minimum absolute atomic E-state index is 0.00214. The second-order valence-corrected chi connectivity index (χ2v) is 8.95. The average molecular weight is 378 g/mol. The molecule has 0 aliphatic carbocycles. The van der Waals surface area contributed by atoms with E-state index in [-0.39, 0.29) is 17.5 Å². The Labute approximate surface area is 153 Å². The molecule has 2 aromatic rings. The summed E-state index contributed by atoms with van der Waals surface area (Å²) >= 11 is 0. The second-order valence-electron chi connectivity index (χ2n) is 7.01. The molecule has 26 heavy (non-hydrogen) atoms. The molecular formula is C18H23FN4O2S. The van der Waals surface area contributed by atoms with Crippen LogP contribution in [0.5, 0.6) is 0 Å². The molecule has 1 saturated heterocycles. The number of rotatable bonds is 5. The van der Waals surface area contributed by atoms with Gasteiger partial charge in [-0.25, -0.2) is 12.8 Å². The maximum absolute atomic E-state index is 13.5. The lowest BCUT2D eigenvalue weighted by atomic mass is 10.1. The minimum atomic E-state index is -3.74. The highest BCUT2D eigenvalue weighted by molar-refractivity contribution is 7.89. The van der Waals surface area contributed by atoms with E-state index in [0.717, 1.165) is 37.8 Å². The third-order valence-corrected chi connectivity index (χ3v) is 7.07. The molecule has 0 saturated carbocycles. The molecule has 2 aliphatic rings. The van der Waals surface area contributed by atoms with E-state index in [1.165, 1.54) is 35.3 Å². The lowest BCUT2D eigenvalue weighted by molar-refractivity contribution is 0.226. The van der Waals surface area contributed by atoms with Gasteiger partial charge in [0.2, 0.25) is 10.0 Å². The van der Waals surface area contributed by atoms with Crippen molar-refractivity contribution in [2.75, 3.05) is 26.2 Å². The van der Waals surface area contributed by atoms with Crippen LogP contribution in [0, 0.1) is 5.82 Å². The third kappa shape index (κ3) is 3.41. The van der Waals surface area contributed by atoms with Crippen molar-refractivity contribution >= 4 is 10.0 Å². The van der Waals surface area contributed by atoms with Crippen LogP contribution in [0.3, 0.4) is 0 Å². The topological polar surface area (TPSA) is 58.4 Å². The van der Waals surface area contributed by atoms with Gasteiger partial charge in [-0.1, -0.05) is 6.07 Å². The Kier molecular flexibility index (Phi) is 4.81. The predicted molar refractivity (Wildman–Crippen MR) is 95.6 cm³/mol. The van der Waals surface area contributed by atoms with Gasteiger partial charge in [0.25, 0.3) is 0 Å². The van der Waals surface area contributed by atoms with E-state index in [1.54, 1.807) is 6.20 Å². The summed E-state index contributed by atoms with van der Waals surface area (Å²) < 4.78 is 42.9. The molecule has 0 radical (unpaired) electrons. The van der Waals surface area contributed by atoms with Crippen molar-refractivity contribution in [1.29, 1.82) is 0 Å². The Balaban J connectivity index is 1.56. The van der Waals surface area contributed by atoms with E-state index in [2.05, 4.69) is 10.00 Å². The highest BCUT2D eigenvalue weighted by Gasteiger charge is 2.34. The van der Waals surface area contributed by atoms with Crippen molar-refractivity contribution in [3.63, 3.8) is 0 Å². The first-order valence-electron chi connectivity index (χ1n) is 9.04. The van der Waals surface area contributed by atoms with E-state index in [4.69, 9.17) is 0 Å². The van der Waals surface area contributed by atoms with Crippen LogP contribution in [-0.4, -0.2) is 53.6 Å². The Morgan fingerprint density at radius 2 is 2.00 bits per heavy atom. The van der Waals surface area contributed by atoms with Gasteiger partial charge in [-0.2, -0.15) is 9.40 Å². The molecule has 1 aromatic heterocycles. The molecule has 140 valence electrons. The summed E-state index contributed by atoms with van der Waals surface area (Å²) in [6, 6.07) is 7.07. The molecule has 0 bridgehead atoms. The van der Waals surface area contributed by atoms with Crippen LogP contribution in [0.2, 0.25) is 0 Å².